The van der Waals surface area contributed by atoms with Crippen LogP contribution in [0.25, 0.3) is 10.9 Å². The minimum Gasteiger partial charge on any atom is -0.364 e. The predicted octanol–water partition coefficient (Wildman–Crippen LogP) is 2.18. The molecule has 0 bridgehead atoms. The van der Waals surface area contributed by atoms with Gasteiger partial charge in [-0.3, -0.25) is 14.3 Å². The lowest BCUT2D eigenvalue weighted by atomic mass is 10.1. The first kappa shape index (κ1) is 19.3. The Hall–Kier alpha value is -4.01. The third-order valence-corrected chi connectivity index (χ3v) is 5.05. The molecule has 0 fully saturated rings. The Morgan fingerprint density at radius 2 is 1.97 bits per heavy atom. The average Bonchev–Trinajstić information content (AvgIpc) is 3.24. The maximum Gasteiger partial charge on any atom is 0.267 e. The number of pyridine rings is 1. The summed E-state index contributed by atoms with van der Waals surface area (Å²) in [4.78, 5) is 33.4. The van der Waals surface area contributed by atoms with Gasteiger partial charge in [-0.05, 0) is 26.0 Å². The summed E-state index contributed by atoms with van der Waals surface area (Å²) in [7, 11) is 1.92. The third kappa shape index (κ3) is 3.41. The Morgan fingerprint density at radius 1 is 1.20 bits per heavy atom. The number of primary amides is 1. The molecule has 3 heterocycles. The number of nitrogens with two attached hydrogens (primary N) is 1. The molecule has 9 heteroatoms. The molecule has 3 N–H and O–H groups in total. The average molecular weight is 403 g/mol. The lowest BCUT2D eigenvalue weighted by molar-refractivity contribution is 0.0996. The van der Waals surface area contributed by atoms with E-state index in [2.05, 4.69) is 20.4 Å². The molecule has 0 unspecified atom stereocenters. The van der Waals surface area contributed by atoms with E-state index in [1.807, 2.05) is 37.7 Å². The fraction of sp³-hybridized carbons (Fsp3) is 0.190. The van der Waals surface area contributed by atoms with Crippen molar-refractivity contribution in [2.24, 2.45) is 12.8 Å². The first-order valence-corrected chi connectivity index (χ1v) is 9.36. The molecule has 3 aromatic heterocycles. The molecule has 4 rings (SSSR count). The summed E-state index contributed by atoms with van der Waals surface area (Å²) < 4.78 is 3.72. The fourth-order valence-electron chi connectivity index (χ4n) is 3.38. The van der Waals surface area contributed by atoms with Gasteiger partial charge in [-0.25, -0.2) is 9.97 Å². The van der Waals surface area contributed by atoms with Gasteiger partial charge in [-0.2, -0.15) is 5.10 Å². The molecular weight excluding hydrogens is 382 g/mol. The molecule has 30 heavy (non-hydrogen) atoms. The summed E-state index contributed by atoms with van der Waals surface area (Å²) in [6, 6.07) is 8.54. The second-order valence-electron chi connectivity index (χ2n) is 7.05. The van der Waals surface area contributed by atoms with Gasteiger partial charge in [-0.15, -0.1) is 0 Å². The van der Waals surface area contributed by atoms with Crippen molar-refractivity contribution >= 4 is 28.4 Å². The second-order valence-corrected chi connectivity index (χ2v) is 7.05. The first-order chi connectivity index (χ1) is 14.3. The second kappa shape index (κ2) is 7.43. The van der Waals surface area contributed by atoms with Crippen LogP contribution in [0.2, 0.25) is 0 Å². The van der Waals surface area contributed by atoms with Crippen LogP contribution in [-0.4, -0.2) is 36.1 Å². The zero-order chi connectivity index (χ0) is 21.4. The topological polar surface area (TPSA) is 121 Å². The van der Waals surface area contributed by atoms with Gasteiger partial charge in [0.05, 0.1) is 34.7 Å². The summed E-state index contributed by atoms with van der Waals surface area (Å²) in [5, 5.41) is 8.12. The molecule has 0 aliphatic carbocycles. The number of para-hydroxylation sites is 1. The molecule has 0 saturated carbocycles. The highest BCUT2D eigenvalue weighted by molar-refractivity contribution is 6.14. The first-order valence-electron chi connectivity index (χ1n) is 9.36. The summed E-state index contributed by atoms with van der Waals surface area (Å²) >= 11 is 0. The van der Waals surface area contributed by atoms with Crippen molar-refractivity contribution in [3.63, 3.8) is 0 Å². The van der Waals surface area contributed by atoms with Crippen molar-refractivity contribution in [1.82, 2.24) is 24.3 Å². The highest BCUT2D eigenvalue weighted by Gasteiger charge is 2.19. The minimum absolute atomic E-state index is 0.0396. The number of aryl methyl sites for hydroxylation is 2. The zero-order valence-electron chi connectivity index (χ0n) is 16.9. The van der Waals surface area contributed by atoms with Gasteiger partial charge in [0.15, 0.2) is 0 Å². The number of amides is 2. The van der Waals surface area contributed by atoms with Crippen LogP contribution in [0.4, 0.5) is 5.69 Å². The zero-order valence-corrected chi connectivity index (χ0v) is 16.9. The minimum atomic E-state index is -0.690. The summed E-state index contributed by atoms with van der Waals surface area (Å²) in [6.45, 7) is 4.20. The number of rotatable bonds is 5. The number of hydrogen-bond donors (Lipinski definition) is 2. The number of hydrogen-bond acceptors (Lipinski definition) is 5. The van der Waals surface area contributed by atoms with Crippen molar-refractivity contribution in [1.29, 1.82) is 0 Å². The SMILES string of the molecule is Cc1nn(Cc2nccn2C)c(C)c1NC(=O)c1cc(C(N)=O)nc2ccccc12. The molecule has 1 aromatic carbocycles. The highest BCUT2D eigenvalue weighted by atomic mass is 16.2. The monoisotopic (exact) mass is 403 g/mol. The number of carbonyl (C=O) groups is 2. The summed E-state index contributed by atoms with van der Waals surface area (Å²) in [5.41, 5.74) is 8.40. The maximum atomic E-state index is 13.1. The van der Waals surface area contributed by atoms with E-state index >= 15 is 0 Å². The van der Waals surface area contributed by atoms with Crippen molar-refractivity contribution in [2.75, 3.05) is 5.32 Å². The smallest absolute Gasteiger partial charge is 0.267 e. The van der Waals surface area contributed by atoms with E-state index in [4.69, 9.17) is 5.73 Å². The molecule has 0 aliphatic rings. The van der Waals surface area contributed by atoms with Crippen molar-refractivity contribution in [3.05, 3.63) is 71.2 Å². The van der Waals surface area contributed by atoms with Gasteiger partial charge in [0.25, 0.3) is 11.8 Å². The third-order valence-electron chi connectivity index (χ3n) is 5.05. The number of nitrogens with zero attached hydrogens (tertiary/aromatic N) is 5. The van der Waals surface area contributed by atoms with Crippen LogP contribution in [0.1, 0.15) is 38.1 Å². The predicted molar refractivity (Wildman–Crippen MR) is 112 cm³/mol. The largest absolute Gasteiger partial charge is 0.364 e. The van der Waals surface area contributed by atoms with E-state index in [-0.39, 0.29) is 11.6 Å². The van der Waals surface area contributed by atoms with E-state index in [1.54, 1.807) is 29.1 Å². The Kier molecular flexibility index (Phi) is 4.78. The van der Waals surface area contributed by atoms with E-state index in [0.29, 0.717) is 34.4 Å². The fourth-order valence-corrected chi connectivity index (χ4v) is 3.38. The van der Waals surface area contributed by atoms with Crippen LogP contribution in [0, 0.1) is 13.8 Å². The van der Waals surface area contributed by atoms with E-state index in [1.165, 1.54) is 6.07 Å². The number of benzene rings is 1. The number of carbonyl (C=O) groups excluding carboxylic acids is 2. The van der Waals surface area contributed by atoms with Crippen LogP contribution in [0.3, 0.4) is 0 Å². The Balaban J connectivity index is 1.70. The van der Waals surface area contributed by atoms with Crippen LogP contribution in [0.5, 0.6) is 0 Å². The molecule has 0 saturated heterocycles. The normalized spacial score (nSPS) is 11.0. The van der Waals surface area contributed by atoms with Gasteiger partial charge < -0.3 is 15.6 Å². The Morgan fingerprint density at radius 3 is 2.67 bits per heavy atom. The van der Waals surface area contributed by atoms with E-state index in [9.17, 15) is 9.59 Å². The van der Waals surface area contributed by atoms with E-state index in [0.717, 1.165) is 11.5 Å². The number of nitrogens with one attached hydrogen (secondary N) is 1. The molecular formula is C21H21N7O2. The quantitative estimate of drug-likeness (QED) is 0.529. The standard InChI is InChI=1S/C21H21N7O2/c1-12-19(13(2)28(26-12)11-18-23-8-9-27(18)3)25-21(30)15-10-17(20(22)29)24-16-7-5-4-6-14(15)16/h4-10H,11H2,1-3H3,(H2,22,29)(H,25,30). The van der Waals surface area contributed by atoms with Gasteiger partial charge in [-0.1, -0.05) is 18.2 Å². The number of anilines is 1. The molecule has 0 radical (unpaired) electrons. The van der Waals surface area contributed by atoms with E-state index < -0.39 is 5.91 Å². The number of imidazole rings is 1. The molecule has 2 amide bonds. The van der Waals surface area contributed by atoms with Crippen molar-refractivity contribution in [2.45, 2.75) is 20.4 Å². The lowest BCUT2D eigenvalue weighted by Gasteiger charge is -2.10. The molecule has 0 atom stereocenters. The maximum absolute atomic E-state index is 13.1. The van der Waals surface area contributed by atoms with Crippen LogP contribution in [-0.2, 0) is 13.6 Å². The van der Waals surface area contributed by atoms with Crippen molar-refractivity contribution < 1.29 is 9.59 Å². The molecule has 0 aliphatic heterocycles. The van der Waals surface area contributed by atoms with Gasteiger partial charge in [0.1, 0.15) is 11.5 Å². The summed E-state index contributed by atoms with van der Waals surface area (Å²) in [5.74, 6) is -0.200. The lowest BCUT2D eigenvalue weighted by Crippen LogP contribution is -2.18. The molecule has 9 nitrogen and oxygen atoms in total. The van der Waals surface area contributed by atoms with Gasteiger partial charge in [0, 0.05) is 24.8 Å². The van der Waals surface area contributed by atoms with Crippen molar-refractivity contribution in [3.8, 4) is 0 Å². The highest BCUT2D eigenvalue weighted by Crippen LogP contribution is 2.24. The molecule has 0 spiro atoms. The van der Waals surface area contributed by atoms with Crippen LogP contribution < -0.4 is 11.1 Å². The Labute approximate surface area is 172 Å². The van der Waals surface area contributed by atoms with Crippen LogP contribution >= 0.6 is 0 Å². The number of aromatic nitrogens is 5. The van der Waals surface area contributed by atoms with Crippen LogP contribution in [0.15, 0.2) is 42.7 Å². The van der Waals surface area contributed by atoms with Gasteiger partial charge >= 0.3 is 0 Å². The molecule has 4 aromatic rings. The molecule has 152 valence electrons. The Bertz CT molecular complexity index is 1290. The van der Waals surface area contributed by atoms with Gasteiger partial charge in [0.2, 0.25) is 0 Å². The number of fused-ring (bicyclic) bond motifs is 1. The summed E-state index contributed by atoms with van der Waals surface area (Å²) in [6.07, 6.45) is 3.60.